The fourth-order valence-corrected chi connectivity index (χ4v) is 3.13. The van der Waals surface area contributed by atoms with Crippen molar-refractivity contribution in [3.63, 3.8) is 0 Å². The number of halogens is 1. The van der Waals surface area contributed by atoms with Crippen molar-refractivity contribution in [2.75, 3.05) is 20.1 Å². The zero-order valence-corrected chi connectivity index (χ0v) is 21.0. The third-order valence-corrected chi connectivity index (χ3v) is 5.38. The number of nitrogens with two attached hydrogens (primary N) is 1. The van der Waals surface area contributed by atoms with Gasteiger partial charge in [0.25, 0.3) is 0 Å². The van der Waals surface area contributed by atoms with E-state index in [1.165, 1.54) is 12.1 Å². The third kappa shape index (κ3) is 8.87. The summed E-state index contributed by atoms with van der Waals surface area (Å²) < 4.78 is 28.1. The number of hydrogen-bond donors (Lipinski definition) is 4. The van der Waals surface area contributed by atoms with Crippen LogP contribution in [0.25, 0.3) is 0 Å². The molecule has 0 aliphatic heterocycles. The minimum atomic E-state index is -3.73. The molecular weight excluding hydrogens is 533 g/mol. The van der Waals surface area contributed by atoms with E-state index in [1.807, 2.05) is 26.0 Å². The zero-order chi connectivity index (χ0) is 22.2. The molecule has 0 radical (unpaired) electrons. The largest absolute Gasteiger partial charge is 0.469 e. The maximum absolute atomic E-state index is 12.0. The molecule has 2 aromatic rings. The number of aliphatic imine (C=N–C) groups is 1. The Hall–Kier alpha value is -2.12. The number of rotatable bonds is 9. The van der Waals surface area contributed by atoms with Crippen LogP contribution in [0.15, 0.2) is 57.0 Å². The molecule has 0 atom stereocenters. The van der Waals surface area contributed by atoms with Gasteiger partial charge in [-0.1, -0.05) is 12.1 Å². The van der Waals surface area contributed by atoms with Crippen LogP contribution in [0.4, 0.5) is 0 Å². The van der Waals surface area contributed by atoms with Crippen LogP contribution in [0.3, 0.4) is 0 Å². The van der Waals surface area contributed by atoms with E-state index in [9.17, 15) is 13.2 Å². The van der Waals surface area contributed by atoms with Crippen LogP contribution >= 0.6 is 24.0 Å². The first-order valence-electron chi connectivity index (χ1n) is 9.50. The number of carbonyl (C=O) groups is 1. The first-order valence-corrected chi connectivity index (χ1v) is 11.0. The van der Waals surface area contributed by atoms with Crippen molar-refractivity contribution in [2.45, 2.75) is 31.7 Å². The molecule has 0 aliphatic carbocycles. The van der Waals surface area contributed by atoms with E-state index in [1.54, 1.807) is 25.4 Å². The molecule has 0 bridgehead atoms. The number of benzene rings is 1. The summed E-state index contributed by atoms with van der Waals surface area (Å²) in [5, 5.41) is 14.2. The van der Waals surface area contributed by atoms with E-state index < -0.39 is 15.4 Å². The van der Waals surface area contributed by atoms with Gasteiger partial charge in [0.15, 0.2) is 5.96 Å². The molecule has 1 aromatic heterocycles. The summed E-state index contributed by atoms with van der Waals surface area (Å²) in [6.45, 7) is 4.96. The van der Waals surface area contributed by atoms with Crippen molar-refractivity contribution in [3.05, 3.63) is 54.0 Å². The molecule has 0 saturated carbocycles. The monoisotopic (exact) mass is 563 g/mol. The smallest absolute Gasteiger partial charge is 0.238 e. The van der Waals surface area contributed by atoms with Crippen molar-refractivity contribution in [1.82, 2.24) is 16.0 Å². The maximum atomic E-state index is 12.0. The number of nitrogens with one attached hydrogen (secondary N) is 3. The van der Waals surface area contributed by atoms with Crippen molar-refractivity contribution >= 4 is 45.9 Å². The Kier molecular flexibility index (Phi) is 10.5. The zero-order valence-electron chi connectivity index (χ0n) is 17.8. The lowest BCUT2D eigenvalue weighted by Gasteiger charge is -2.24. The number of sulfonamides is 1. The summed E-state index contributed by atoms with van der Waals surface area (Å²) >= 11 is 0. The summed E-state index contributed by atoms with van der Waals surface area (Å²) in [5.74, 6) is 1.31. The molecule has 1 heterocycles. The number of furan rings is 1. The third-order valence-electron chi connectivity index (χ3n) is 4.46. The SMILES string of the molecule is CNC(=O)C(C)(C)CNC(=NCc1ccc(S(N)(=O)=O)cc1)NCCc1ccco1.I. The summed E-state index contributed by atoms with van der Waals surface area (Å²) in [5.41, 5.74) is 0.190. The highest BCUT2D eigenvalue weighted by Crippen LogP contribution is 2.13. The van der Waals surface area contributed by atoms with Gasteiger partial charge in [0.1, 0.15) is 5.76 Å². The fraction of sp³-hybridized carbons (Fsp3) is 0.400. The lowest BCUT2D eigenvalue weighted by Crippen LogP contribution is -2.47. The van der Waals surface area contributed by atoms with Crippen LogP contribution in [0.1, 0.15) is 25.2 Å². The van der Waals surface area contributed by atoms with E-state index in [0.29, 0.717) is 32.0 Å². The van der Waals surface area contributed by atoms with E-state index in [4.69, 9.17) is 9.56 Å². The van der Waals surface area contributed by atoms with Crippen molar-refractivity contribution in [2.24, 2.45) is 15.5 Å². The number of nitrogens with zero attached hydrogens (tertiary/aromatic N) is 1. The molecule has 0 spiro atoms. The first kappa shape index (κ1) is 26.9. The van der Waals surface area contributed by atoms with Gasteiger partial charge in [0.05, 0.1) is 23.1 Å². The minimum Gasteiger partial charge on any atom is -0.469 e. The van der Waals surface area contributed by atoms with Gasteiger partial charge in [-0.15, -0.1) is 24.0 Å². The van der Waals surface area contributed by atoms with Crippen LogP contribution in [0.5, 0.6) is 0 Å². The van der Waals surface area contributed by atoms with Gasteiger partial charge in [-0.2, -0.15) is 0 Å². The van der Waals surface area contributed by atoms with Crippen LogP contribution < -0.4 is 21.1 Å². The summed E-state index contributed by atoms with van der Waals surface area (Å²) in [6.07, 6.45) is 2.30. The molecule has 172 valence electrons. The number of carbonyl (C=O) groups excluding carboxylic acids is 1. The molecule has 1 amide bonds. The van der Waals surface area contributed by atoms with Crippen molar-refractivity contribution in [1.29, 1.82) is 0 Å². The summed E-state index contributed by atoms with van der Waals surface area (Å²) in [6, 6.07) is 9.96. The average molecular weight is 563 g/mol. The van der Waals surface area contributed by atoms with Crippen molar-refractivity contribution < 1.29 is 17.6 Å². The molecule has 5 N–H and O–H groups in total. The Morgan fingerprint density at radius 2 is 1.84 bits per heavy atom. The van der Waals surface area contributed by atoms with Gasteiger partial charge in [0, 0.05) is 26.6 Å². The number of guanidine groups is 1. The Balaban J connectivity index is 0.00000480. The van der Waals surface area contributed by atoms with Crippen LogP contribution in [-0.4, -0.2) is 40.4 Å². The first-order chi connectivity index (χ1) is 14.1. The highest BCUT2D eigenvalue weighted by molar-refractivity contribution is 14.0. The van der Waals surface area contributed by atoms with Gasteiger partial charge in [-0.05, 0) is 43.7 Å². The lowest BCUT2D eigenvalue weighted by molar-refractivity contribution is -0.128. The quantitative estimate of drug-likeness (QED) is 0.208. The van der Waals surface area contributed by atoms with E-state index in [-0.39, 0.29) is 34.8 Å². The molecular formula is C20H30IN5O4S. The number of hydrogen-bond acceptors (Lipinski definition) is 5. The van der Waals surface area contributed by atoms with Gasteiger partial charge < -0.3 is 20.4 Å². The van der Waals surface area contributed by atoms with E-state index >= 15 is 0 Å². The average Bonchev–Trinajstić information content (AvgIpc) is 3.22. The number of amides is 1. The summed E-state index contributed by atoms with van der Waals surface area (Å²) in [7, 11) is -2.12. The molecule has 2 rings (SSSR count). The Morgan fingerprint density at radius 3 is 2.39 bits per heavy atom. The molecule has 11 heteroatoms. The predicted molar refractivity (Wildman–Crippen MR) is 131 cm³/mol. The minimum absolute atomic E-state index is 0. The topological polar surface area (TPSA) is 139 Å². The Bertz CT molecular complexity index is 958. The van der Waals surface area contributed by atoms with E-state index in [2.05, 4.69) is 20.9 Å². The molecule has 0 saturated heterocycles. The van der Waals surface area contributed by atoms with Crippen LogP contribution in [0, 0.1) is 5.41 Å². The molecule has 9 nitrogen and oxygen atoms in total. The highest BCUT2D eigenvalue weighted by atomic mass is 127. The highest BCUT2D eigenvalue weighted by Gasteiger charge is 2.26. The van der Waals surface area contributed by atoms with Crippen LogP contribution in [-0.2, 0) is 27.8 Å². The normalized spacial score (nSPS) is 12.1. The van der Waals surface area contributed by atoms with Gasteiger partial charge in [-0.3, -0.25) is 4.79 Å². The fourth-order valence-electron chi connectivity index (χ4n) is 2.61. The molecule has 1 aromatic carbocycles. The molecule has 0 unspecified atom stereocenters. The Morgan fingerprint density at radius 1 is 1.16 bits per heavy atom. The van der Waals surface area contributed by atoms with Gasteiger partial charge in [0.2, 0.25) is 15.9 Å². The van der Waals surface area contributed by atoms with E-state index in [0.717, 1.165) is 11.3 Å². The predicted octanol–water partition coefficient (Wildman–Crippen LogP) is 1.60. The van der Waals surface area contributed by atoms with Gasteiger partial charge in [-0.25, -0.2) is 18.5 Å². The number of primary sulfonamides is 1. The molecule has 31 heavy (non-hydrogen) atoms. The maximum Gasteiger partial charge on any atom is 0.238 e. The second-order valence-electron chi connectivity index (χ2n) is 7.43. The molecule has 0 aliphatic rings. The second kappa shape index (κ2) is 12.1. The van der Waals surface area contributed by atoms with Crippen LogP contribution in [0.2, 0.25) is 0 Å². The standard InChI is InChI=1S/C20H29N5O4S.HI/c1-20(2,18(26)22-3)14-25-19(23-11-10-16-5-4-12-29-16)24-13-15-6-8-17(9-7-15)30(21,27)28;/h4-9,12H,10-11,13-14H2,1-3H3,(H,22,26)(H2,21,27,28)(H2,23,24,25);1H. The van der Waals surface area contributed by atoms with Crippen molar-refractivity contribution in [3.8, 4) is 0 Å². The Labute approximate surface area is 200 Å². The summed E-state index contributed by atoms with van der Waals surface area (Å²) in [4.78, 5) is 16.6. The molecule has 0 fully saturated rings. The lowest BCUT2D eigenvalue weighted by atomic mass is 9.92. The second-order valence-corrected chi connectivity index (χ2v) is 8.99. The van der Waals surface area contributed by atoms with Gasteiger partial charge >= 0.3 is 0 Å².